The lowest BCUT2D eigenvalue weighted by Crippen LogP contribution is -1.99. The molecule has 0 N–H and O–H groups in total. The fourth-order valence-corrected chi connectivity index (χ4v) is 1.76. The number of hydrogen-bond donors (Lipinski definition) is 0. The standard InChI is InChI=1S/C16H19N3O5/c1-5-23-17-10-11-6-7-12(20-2)13(8-11)24-16-18-14(21-3)9-15(19-16)22-4/h6-10H,5H2,1-4H3/b17-10+. The third-order valence-electron chi connectivity index (χ3n) is 2.87. The predicted molar refractivity (Wildman–Crippen MR) is 87.4 cm³/mol. The molecule has 0 aliphatic rings. The number of aromatic nitrogens is 2. The first-order valence-electron chi connectivity index (χ1n) is 7.18. The van der Waals surface area contributed by atoms with Crippen LogP contribution < -0.4 is 18.9 Å². The summed E-state index contributed by atoms with van der Waals surface area (Å²) in [6.45, 7) is 2.35. The van der Waals surface area contributed by atoms with E-state index in [1.54, 1.807) is 31.5 Å². The highest BCUT2D eigenvalue weighted by Crippen LogP contribution is 2.32. The van der Waals surface area contributed by atoms with Gasteiger partial charge in [-0.25, -0.2) is 0 Å². The van der Waals surface area contributed by atoms with Crippen molar-refractivity contribution in [2.75, 3.05) is 27.9 Å². The molecule has 8 nitrogen and oxygen atoms in total. The second kappa shape index (κ2) is 8.56. The first kappa shape index (κ1) is 17.3. The van der Waals surface area contributed by atoms with Crippen LogP contribution >= 0.6 is 0 Å². The minimum Gasteiger partial charge on any atom is -0.493 e. The van der Waals surface area contributed by atoms with Gasteiger partial charge in [-0.15, -0.1) is 0 Å². The third kappa shape index (κ3) is 4.48. The molecule has 0 saturated heterocycles. The average Bonchev–Trinajstić information content (AvgIpc) is 2.61. The molecule has 0 aliphatic heterocycles. The van der Waals surface area contributed by atoms with Crippen molar-refractivity contribution in [3.8, 4) is 29.3 Å². The Morgan fingerprint density at radius 1 is 0.958 bits per heavy atom. The van der Waals surface area contributed by atoms with Crippen molar-refractivity contribution in [2.24, 2.45) is 5.16 Å². The highest BCUT2D eigenvalue weighted by Gasteiger charge is 2.12. The highest BCUT2D eigenvalue weighted by molar-refractivity contribution is 5.80. The molecule has 1 aromatic heterocycles. The second-order valence-corrected chi connectivity index (χ2v) is 4.40. The normalized spacial score (nSPS) is 10.5. The number of rotatable bonds is 8. The summed E-state index contributed by atoms with van der Waals surface area (Å²) in [7, 11) is 4.54. The van der Waals surface area contributed by atoms with Gasteiger partial charge in [-0.2, -0.15) is 9.97 Å². The summed E-state index contributed by atoms with van der Waals surface area (Å²) in [4.78, 5) is 13.2. The number of benzene rings is 1. The molecular weight excluding hydrogens is 314 g/mol. The molecule has 24 heavy (non-hydrogen) atoms. The fourth-order valence-electron chi connectivity index (χ4n) is 1.76. The van der Waals surface area contributed by atoms with Crippen LogP contribution in [0, 0.1) is 0 Å². The molecule has 2 aromatic rings. The maximum Gasteiger partial charge on any atom is 0.328 e. The SMILES string of the molecule is CCO/N=C/c1ccc(OC)c(Oc2nc(OC)cc(OC)n2)c1. The van der Waals surface area contributed by atoms with E-state index in [2.05, 4.69) is 15.1 Å². The summed E-state index contributed by atoms with van der Waals surface area (Å²) in [5, 5.41) is 3.83. The summed E-state index contributed by atoms with van der Waals surface area (Å²) in [6, 6.07) is 6.93. The molecule has 1 aromatic carbocycles. The third-order valence-corrected chi connectivity index (χ3v) is 2.87. The van der Waals surface area contributed by atoms with Gasteiger partial charge in [-0.05, 0) is 25.1 Å². The quantitative estimate of drug-likeness (QED) is 0.542. The smallest absolute Gasteiger partial charge is 0.328 e. The first-order chi connectivity index (χ1) is 11.7. The van der Waals surface area contributed by atoms with Crippen LogP contribution in [0.1, 0.15) is 12.5 Å². The van der Waals surface area contributed by atoms with Gasteiger partial charge in [0.25, 0.3) is 0 Å². The second-order valence-electron chi connectivity index (χ2n) is 4.40. The molecular formula is C16H19N3O5. The lowest BCUT2D eigenvalue weighted by atomic mass is 10.2. The van der Waals surface area contributed by atoms with E-state index >= 15 is 0 Å². The van der Waals surface area contributed by atoms with Crippen molar-refractivity contribution in [1.82, 2.24) is 9.97 Å². The van der Waals surface area contributed by atoms with E-state index in [9.17, 15) is 0 Å². The molecule has 1 heterocycles. The molecule has 2 rings (SSSR count). The van der Waals surface area contributed by atoms with Crippen LogP contribution in [-0.4, -0.2) is 44.1 Å². The minimum absolute atomic E-state index is 0.0726. The summed E-state index contributed by atoms with van der Waals surface area (Å²) in [5.74, 6) is 1.59. The molecule has 0 spiro atoms. The Kier molecular flexibility index (Phi) is 6.18. The van der Waals surface area contributed by atoms with Gasteiger partial charge < -0.3 is 23.8 Å². The van der Waals surface area contributed by atoms with Crippen LogP contribution in [0.5, 0.6) is 29.3 Å². The Morgan fingerprint density at radius 3 is 2.25 bits per heavy atom. The maximum atomic E-state index is 5.72. The van der Waals surface area contributed by atoms with Crippen LogP contribution in [0.2, 0.25) is 0 Å². The summed E-state index contributed by atoms with van der Waals surface area (Å²) < 4.78 is 21.2. The predicted octanol–water partition coefficient (Wildman–Crippen LogP) is 2.67. The summed E-state index contributed by atoms with van der Waals surface area (Å²) in [6.07, 6.45) is 1.57. The monoisotopic (exact) mass is 333 g/mol. The highest BCUT2D eigenvalue weighted by atomic mass is 16.6. The van der Waals surface area contributed by atoms with Crippen LogP contribution in [0.15, 0.2) is 29.4 Å². The van der Waals surface area contributed by atoms with Crippen LogP contribution in [0.4, 0.5) is 0 Å². The largest absolute Gasteiger partial charge is 0.493 e. The fraction of sp³-hybridized carbons (Fsp3) is 0.312. The van der Waals surface area contributed by atoms with Crippen LogP contribution in [0.25, 0.3) is 0 Å². The molecule has 8 heteroatoms. The molecule has 0 atom stereocenters. The maximum absolute atomic E-state index is 5.72. The molecule has 0 fully saturated rings. The first-order valence-corrected chi connectivity index (χ1v) is 7.18. The lowest BCUT2D eigenvalue weighted by Gasteiger charge is -2.11. The Hall–Kier alpha value is -3.03. The van der Waals surface area contributed by atoms with Gasteiger partial charge >= 0.3 is 6.01 Å². The number of methoxy groups -OCH3 is 3. The van der Waals surface area contributed by atoms with Crippen molar-refractivity contribution in [3.63, 3.8) is 0 Å². The average molecular weight is 333 g/mol. The van der Waals surface area contributed by atoms with E-state index in [4.69, 9.17) is 23.8 Å². The zero-order valence-electron chi connectivity index (χ0n) is 14.0. The van der Waals surface area contributed by atoms with Crippen molar-refractivity contribution in [3.05, 3.63) is 29.8 Å². The van der Waals surface area contributed by atoms with E-state index < -0.39 is 0 Å². The van der Waals surface area contributed by atoms with Crippen molar-refractivity contribution >= 4 is 6.21 Å². The van der Waals surface area contributed by atoms with E-state index in [0.29, 0.717) is 29.9 Å². The van der Waals surface area contributed by atoms with Crippen LogP contribution in [-0.2, 0) is 4.84 Å². The van der Waals surface area contributed by atoms with E-state index in [0.717, 1.165) is 5.56 Å². The van der Waals surface area contributed by atoms with Gasteiger partial charge in [0, 0.05) is 5.56 Å². The van der Waals surface area contributed by atoms with Gasteiger partial charge in [-0.3, -0.25) is 0 Å². The van der Waals surface area contributed by atoms with Crippen molar-refractivity contribution in [2.45, 2.75) is 6.92 Å². The number of nitrogens with zero attached hydrogens (tertiary/aromatic N) is 3. The Morgan fingerprint density at radius 2 is 1.67 bits per heavy atom. The lowest BCUT2D eigenvalue weighted by molar-refractivity contribution is 0.160. The molecule has 0 bridgehead atoms. The molecule has 0 amide bonds. The number of oxime groups is 1. The van der Waals surface area contributed by atoms with Gasteiger partial charge in [0.1, 0.15) is 6.61 Å². The zero-order valence-corrected chi connectivity index (χ0v) is 14.0. The van der Waals surface area contributed by atoms with E-state index in [1.807, 2.05) is 13.0 Å². The van der Waals surface area contributed by atoms with E-state index in [1.165, 1.54) is 14.2 Å². The van der Waals surface area contributed by atoms with Gasteiger partial charge in [0.2, 0.25) is 11.8 Å². The van der Waals surface area contributed by atoms with Gasteiger partial charge in [-0.1, -0.05) is 5.16 Å². The van der Waals surface area contributed by atoms with E-state index in [-0.39, 0.29) is 6.01 Å². The van der Waals surface area contributed by atoms with Crippen molar-refractivity contribution < 1.29 is 23.8 Å². The topological polar surface area (TPSA) is 84.3 Å². The summed E-state index contributed by atoms with van der Waals surface area (Å²) in [5.41, 5.74) is 0.772. The number of hydrogen-bond acceptors (Lipinski definition) is 8. The summed E-state index contributed by atoms with van der Waals surface area (Å²) >= 11 is 0. The van der Waals surface area contributed by atoms with Gasteiger partial charge in [0.15, 0.2) is 11.5 Å². The Bertz CT molecular complexity index is 684. The molecule has 0 saturated carbocycles. The number of ether oxygens (including phenoxy) is 4. The Balaban J connectivity index is 2.31. The Labute approximate surface area is 140 Å². The molecule has 0 aliphatic carbocycles. The zero-order chi connectivity index (χ0) is 17.4. The van der Waals surface area contributed by atoms with Crippen LogP contribution in [0.3, 0.4) is 0 Å². The van der Waals surface area contributed by atoms with Gasteiger partial charge in [0.05, 0.1) is 33.6 Å². The minimum atomic E-state index is 0.0726. The molecule has 128 valence electrons. The molecule has 0 unspecified atom stereocenters. The molecule has 0 radical (unpaired) electrons. The van der Waals surface area contributed by atoms with Crippen molar-refractivity contribution in [1.29, 1.82) is 0 Å².